The largest absolute Gasteiger partial charge is 0.349 e. The van der Waals surface area contributed by atoms with Crippen LogP contribution in [0.2, 0.25) is 0 Å². The fraction of sp³-hybridized carbons (Fsp3) is 0.562. The maximum Gasteiger partial charge on any atom is 0.223 e. The maximum atomic E-state index is 13.9. The lowest BCUT2D eigenvalue weighted by Crippen LogP contribution is -2.42. The lowest BCUT2D eigenvalue weighted by molar-refractivity contribution is -0.126. The first-order valence-corrected chi connectivity index (χ1v) is 9.61. The third-order valence-electron chi connectivity index (χ3n) is 4.21. The molecular formula is C16H24ClFN2O3S. The summed E-state index contributed by atoms with van der Waals surface area (Å²) in [5.74, 6) is -0.881. The highest BCUT2D eigenvalue weighted by molar-refractivity contribution is 7.90. The summed E-state index contributed by atoms with van der Waals surface area (Å²) in [5.41, 5.74) is 0.547. The molecule has 3 atom stereocenters. The number of benzene rings is 1. The number of halogens is 2. The Balaban J connectivity index is 0.00000288. The van der Waals surface area contributed by atoms with Crippen molar-refractivity contribution in [3.8, 4) is 0 Å². The Kier molecular flexibility index (Phi) is 7.19. The van der Waals surface area contributed by atoms with Crippen LogP contribution < -0.4 is 10.6 Å². The van der Waals surface area contributed by atoms with Crippen molar-refractivity contribution < 1.29 is 17.6 Å². The van der Waals surface area contributed by atoms with Gasteiger partial charge in [-0.15, -0.1) is 12.4 Å². The van der Waals surface area contributed by atoms with Crippen molar-refractivity contribution in [2.24, 2.45) is 5.92 Å². The summed E-state index contributed by atoms with van der Waals surface area (Å²) < 4.78 is 36.8. The zero-order valence-electron chi connectivity index (χ0n) is 14.0. The molecule has 1 fully saturated rings. The second-order valence-corrected chi connectivity index (χ2v) is 8.25. The molecule has 1 aromatic carbocycles. The van der Waals surface area contributed by atoms with E-state index in [1.807, 2.05) is 6.92 Å². The van der Waals surface area contributed by atoms with Crippen LogP contribution in [-0.2, 0) is 14.6 Å². The van der Waals surface area contributed by atoms with Gasteiger partial charge in [0.05, 0.1) is 6.04 Å². The van der Waals surface area contributed by atoms with E-state index < -0.39 is 15.7 Å². The standard InChI is InChI=1S/C16H23FN2O3S.ClH/c1-10-8-13(6-7-18-10)16(20)19-11(2)12-4-5-15(14(17)9-12)23(3,21)22;/h4-5,9-11,13,18H,6-8H2,1-3H3,(H,19,20);1H/t10-,11?,13-;/m0./s1. The highest BCUT2D eigenvalue weighted by Crippen LogP contribution is 2.22. The minimum absolute atomic E-state index is 0. The zero-order chi connectivity index (χ0) is 17.2. The molecule has 1 saturated heterocycles. The molecule has 1 amide bonds. The second-order valence-electron chi connectivity index (χ2n) is 6.27. The molecule has 0 spiro atoms. The molecule has 2 N–H and O–H groups in total. The van der Waals surface area contributed by atoms with Crippen LogP contribution in [0.1, 0.15) is 38.3 Å². The molecule has 1 aromatic rings. The van der Waals surface area contributed by atoms with E-state index in [-0.39, 0.29) is 35.2 Å². The van der Waals surface area contributed by atoms with E-state index in [9.17, 15) is 17.6 Å². The van der Waals surface area contributed by atoms with Crippen LogP contribution in [0.3, 0.4) is 0 Å². The fourth-order valence-electron chi connectivity index (χ4n) is 2.87. The van der Waals surface area contributed by atoms with Gasteiger partial charge < -0.3 is 10.6 Å². The van der Waals surface area contributed by atoms with Crippen molar-refractivity contribution in [3.63, 3.8) is 0 Å². The molecule has 1 aliphatic rings. The first kappa shape index (κ1) is 20.9. The average molecular weight is 379 g/mol. The van der Waals surface area contributed by atoms with Gasteiger partial charge in [-0.25, -0.2) is 12.8 Å². The first-order valence-electron chi connectivity index (χ1n) is 7.71. The van der Waals surface area contributed by atoms with Gasteiger partial charge in [0.25, 0.3) is 0 Å². The maximum absolute atomic E-state index is 13.9. The fourth-order valence-corrected chi connectivity index (χ4v) is 3.60. The third kappa shape index (κ3) is 5.16. The number of carbonyl (C=O) groups is 1. The van der Waals surface area contributed by atoms with Crippen molar-refractivity contribution in [2.45, 2.75) is 43.7 Å². The number of nitrogens with one attached hydrogen (secondary N) is 2. The van der Waals surface area contributed by atoms with Crippen LogP contribution in [0.4, 0.5) is 4.39 Å². The topological polar surface area (TPSA) is 75.3 Å². The Morgan fingerprint density at radius 3 is 2.62 bits per heavy atom. The summed E-state index contributed by atoms with van der Waals surface area (Å²) in [6.07, 6.45) is 2.53. The van der Waals surface area contributed by atoms with Gasteiger partial charge in [0.2, 0.25) is 5.91 Å². The van der Waals surface area contributed by atoms with E-state index in [4.69, 9.17) is 0 Å². The van der Waals surface area contributed by atoms with Gasteiger partial charge in [-0.2, -0.15) is 0 Å². The molecule has 2 rings (SSSR count). The number of hydrogen-bond acceptors (Lipinski definition) is 4. The molecule has 0 bridgehead atoms. The van der Waals surface area contributed by atoms with E-state index in [0.717, 1.165) is 25.6 Å². The van der Waals surface area contributed by atoms with E-state index in [0.29, 0.717) is 11.6 Å². The van der Waals surface area contributed by atoms with Crippen LogP contribution in [-0.4, -0.2) is 33.2 Å². The summed E-state index contributed by atoms with van der Waals surface area (Å²) in [6.45, 7) is 4.62. The molecule has 0 aliphatic carbocycles. The van der Waals surface area contributed by atoms with Gasteiger partial charge in [0, 0.05) is 18.2 Å². The average Bonchev–Trinajstić information content (AvgIpc) is 2.45. The molecule has 1 aliphatic heterocycles. The highest BCUT2D eigenvalue weighted by Gasteiger charge is 2.26. The summed E-state index contributed by atoms with van der Waals surface area (Å²) in [4.78, 5) is 12.0. The van der Waals surface area contributed by atoms with Crippen LogP contribution >= 0.6 is 12.4 Å². The SMILES string of the molecule is CC(NC(=O)[C@H]1CCN[C@@H](C)C1)c1ccc(S(C)(=O)=O)c(F)c1.Cl. The van der Waals surface area contributed by atoms with Gasteiger partial charge in [0.1, 0.15) is 10.7 Å². The van der Waals surface area contributed by atoms with E-state index >= 15 is 0 Å². The Morgan fingerprint density at radius 1 is 1.42 bits per heavy atom. The molecule has 0 saturated carbocycles. The molecule has 0 aromatic heterocycles. The van der Waals surface area contributed by atoms with E-state index in [1.165, 1.54) is 18.2 Å². The number of sulfone groups is 1. The van der Waals surface area contributed by atoms with Crippen molar-refractivity contribution in [1.82, 2.24) is 10.6 Å². The predicted molar refractivity (Wildman–Crippen MR) is 93.5 cm³/mol. The minimum atomic E-state index is -3.59. The van der Waals surface area contributed by atoms with Crippen LogP contribution in [0.15, 0.2) is 23.1 Å². The molecule has 1 heterocycles. The van der Waals surface area contributed by atoms with Gasteiger partial charge >= 0.3 is 0 Å². The van der Waals surface area contributed by atoms with E-state index in [2.05, 4.69) is 10.6 Å². The molecule has 5 nitrogen and oxygen atoms in total. The second kappa shape index (κ2) is 8.27. The van der Waals surface area contributed by atoms with Gasteiger partial charge in [-0.1, -0.05) is 6.07 Å². The van der Waals surface area contributed by atoms with Crippen LogP contribution in [0.25, 0.3) is 0 Å². The molecule has 136 valence electrons. The molecular weight excluding hydrogens is 355 g/mol. The summed E-state index contributed by atoms with van der Waals surface area (Å²) in [7, 11) is -3.59. The van der Waals surface area contributed by atoms with Crippen LogP contribution in [0.5, 0.6) is 0 Å². The lowest BCUT2D eigenvalue weighted by Gasteiger charge is -2.28. The Labute approximate surface area is 148 Å². The Hall–Kier alpha value is -1.18. The quantitative estimate of drug-likeness (QED) is 0.842. The summed E-state index contributed by atoms with van der Waals surface area (Å²) >= 11 is 0. The summed E-state index contributed by atoms with van der Waals surface area (Å²) in [5, 5.41) is 6.18. The smallest absolute Gasteiger partial charge is 0.223 e. The minimum Gasteiger partial charge on any atom is -0.349 e. The van der Waals surface area contributed by atoms with Crippen LogP contribution in [0, 0.1) is 11.7 Å². The van der Waals surface area contributed by atoms with Crippen molar-refractivity contribution in [2.75, 3.05) is 12.8 Å². The van der Waals surface area contributed by atoms with Gasteiger partial charge in [-0.05, 0) is 50.9 Å². The van der Waals surface area contributed by atoms with Gasteiger partial charge in [0.15, 0.2) is 9.84 Å². The third-order valence-corrected chi connectivity index (χ3v) is 5.34. The molecule has 1 unspecified atom stereocenters. The van der Waals surface area contributed by atoms with Gasteiger partial charge in [-0.3, -0.25) is 4.79 Å². The highest BCUT2D eigenvalue weighted by atomic mass is 35.5. The summed E-state index contributed by atoms with van der Waals surface area (Å²) in [6, 6.07) is 3.88. The van der Waals surface area contributed by atoms with E-state index in [1.54, 1.807) is 6.92 Å². The molecule has 8 heteroatoms. The zero-order valence-corrected chi connectivity index (χ0v) is 15.6. The first-order chi connectivity index (χ1) is 10.7. The number of hydrogen-bond donors (Lipinski definition) is 2. The number of carbonyl (C=O) groups excluding carboxylic acids is 1. The van der Waals surface area contributed by atoms with Crippen molar-refractivity contribution in [3.05, 3.63) is 29.6 Å². The predicted octanol–water partition coefficient (Wildman–Crippen LogP) is 2.22. The monoisotopic (exact) mass is 378 g/mol. The lowest BCUT2D eigenvalue weighted by atomic mass is 9.92. The number of amides is 1. The number of rotatable bonds is 4. The normalized spacial score (nSPS) is 22.3. The Bertz CT molecular complexity index is 697. The van der Waals surface area contributed by atoms with Crippen molar-refractivity contribution in [1.29, 1.82) is 0 Å². The molecule has 24 heavy (non-hydrogen) atoms. The number of piperidine rings is 1. The Morgan fingerprint density at radius 2 is 2.08 bits per heavy atom. The molecule has 0 radical (unpaired) electrons. The van der Waals surface area contributed by atoms with Crippen molar-refractivity contribution >= 4 is 28.2 Å².